The molecule has 0 spiro atoms. The van der Waals surface area contributed by atoms with Crippen LogP contribution in [-0.2, 0) is 20.3 Å². The van der Waals surface area contributed by atoms with Gasteiger partial charge < -0.3 is 19.1 Å². The van der Waals surface area contributed by atoms with Crippen LogP contribution in [0.3, 0.4) is 0 Å². The molecule has 1 N–H and O–H groups in total. The summed E-state index contributed by atoms with van der Waals surface area (Å²) in [6, 6.07) is 3.26. The van der Waals surface area contributed by atoms with Crippen molar-refractivity contribution in [2.24, 2.45) is 7.05 Å². The molecule has 1 aromatic heterocycles. The number of methoxy groups -OCH3 is 1. The van der Waals surface area contributed by atoms with Gasteiger partial charge in [0, 0.05) is 23.7 Å². The predicted octanol–water partition coefficient (Wildman–Crippen LogP) is 2.81. The molecule has 0 aliphatic carbocycles. The van der Waals surface area contributed by atoms with Gasteiger partial charge in [-0.3, -0.25) is 0 Å². The minimum absolute atomic E-state index is 0.201. The van der Waals surface area contributed by atoms with Gasteiger partial charge in [-0.2, -0.15) is 0 Å². The van der Waals surface area contributed by atoms with E-state index in [2.05, 4.69) is 4.98 Å². The van der Waals surface area contributed by atoms with E-state index in [1.165, 1.54) is 7.11 Å². The number of nitrogens with zero attached hydrogens (tertiary/aromatic N) is 2. The molecule has 1 aromatic carbocycles. The summed E-state index contributed by atoms with van der Waals surface area (Å²) in [5, 5.41) is 10.4. The number of imidazole rings is 1. The molecule has 0 aliphatic rings. The van der Waals surface area contributed by atoms with Crippen LogP contribution in [0.4, 0.5) is 0 Å². The Bertz CT molecular complexity index is 589. The highest BCUT2D eigenvalue weighted by Crippen LogP contribution is 2.35. The summed E-state index contributed by atoms with van der Waals surface area (Å²) in [6.07, 6.45) is 1.55. The molecule has 7 heteroatoms. The van der Waals surface area contributed by atoms with E-state index in [4.69, 9.17) is 32.7 Å². The molecule has 2 aromatic rings. The van der Waals surface area contributed by atoms with E-state index < -0.39 is 0 Å². The molecule has 0 aliphatic heterocycles. The molecule has 0 fully saturated rings. The number of hydrogen-bond acceptors (Lipinski definition) is 4. The van der Waals surface area contributed by atoms with E-state index in [0.29, 0.717) is 33.1 Å². The monoisotopic (exact) mass is 316 g/mol. The van der Waals surface area contributed by atoms with Crippen LogP contribution in [0, 0.1) is 0 Å². The third kappa shape index (κ3) is 3.00. The maximum atomic E-state index is 9.38. The number of aromatic nitrogens is 2. The molecule has 0 atom stereocenters. The average molecular weight is 317 g/mol. The Morgan fingerprint density at radius 1 is 1.35 bits per heavy atom. The Balaban J connectivity index is 2.26. The fraction of sp³-hybridized carbons (Fsp3) is 0.308. The number of hydrogen-bond donors (Lipinski definition) is 1. The lowest BCUT2D eigenvalue weighted by molar-refractivity contribution is 0.244. The third-order valence-electron chi connectivity index (χ3n) is 2.86. The first-order valence-electron chi connectivity index (χ1n) is 5.83. The van der Waals surface area contributed by atoms with Crippen molar-refractivity contribution in [3.8, 4) is 11.5 Å². The van der Waals surface area contributed by atoms with Crippen LogP contribution < -0.4 is 9.47 Å². The van der Waals surface area contributed by atoms with Gasteiger partial charge in [-0.1, -0.05) is 23.2 Å². The highest BCUT2D eigenvalue weighted by atomic mass is 35.5. The molecule has 0 saturated heterocycles. The first-order chi connectivity index (χ1) is 9.56. The minimum Gasteiger partial charge on any atom is -0.493 e. The molecule has 0 amide bonds. The molecule has 108 valence electrons. The molecule has 0 saturated carbocycles. The van der Waals surface area contributed by atoms with Crippen LogP contribution in [-0.4, -0.2) is 21.8 Å². The van der Waals surface area contributed by atoms with Crippen molar-refractivity contribution in [2.75, 3.05) is 7.11 Å². The topological polar surface area (TPSA) is 56.5 Å². The lowest BCUT2D eigenvalue weighted by Gasteiger charge is -2.14. The Morgan fingerprint density at radius 3 is 2.65 bits per heavy atom. The van der Waals surface area contributed by atoms with E-state index in [1.807, 2.05) is 0 Å². The summed E-state index contributed by atoms with van der Waals surface area (Å²) in [5.74, 6) is 1.57. The van der Waals surface area contributed by atoms with Gasteiger partial charge in [-0.15, -0.1) is 0 Å². The zero-order chi connectivity index (χ0) is 14.7. The van der Waals surface area contributed by atoms with Crippen LogP contribution in [0.15, 0.2) is 18.3 Å². The van der Waals surface area contributed by atoms with Gasteiger partial charge >= 0.3 is 0 Å². The Morgan fingerprint density at radius 2 is 2.10 bits per heavy atom. The van der Waals surface area contributed by atoms with E-state index in [9.17, 15) is 5.11 Å². The molecule has 0 unspecified atom stereocenters. The summed E-state index contributed by atoms with van der Waals surface area (Å²) in [5.41, 5.74) is 0.551. The van der Waals surface area contributed by atoms with Gasteiger partial charge in [0.05, 0.1) is 19.9 Å². The second-order valence-electron chi connectivity index (χ2n) is 4.10. The summed E-state index contributed by atoms with van der Waals surface area (Å²) in [4.78, 5) is 4.14. The zero-order valence-corrected chi connectivity index (χ0v) is 12.6. The lowest BCUT2D eigenvalue weighted by Crippen LogP contribution is -2.06. The SMILES string of the molecule is COc1cc(Cl)cc(CO)c1OCc1ncc(Cl)n1C. The standard InChI is InChI=1S/C13H14Cl2N2O3/c1-17-11(15)5-16-12(17)7-20-13-8(6-18)3-9(14)4-10(13)19-2/h3-5,18H,6-7H2,1-2H3. The van der Waals surface area contributed by atoms with Crippen molar-refractivity contribution >= 4 is 23.2 Å². The second kappa shape index (κ2) is 6.35. The van der Waals surface area contributed by atoms with Crippen LogP contribution in [0.2, 0.25) is 10.2 Å². The van der Waals surface area contributed by atoms with Gasteiger partial charge in [0.1, 0.15) is 17.6 Å². The normalized spacial score (nSPS) is 10.7. The summed E-state index contributed by atoms with van der Waals surface area (Å²) in [6.45, 7) is 0.00177. The van der Waals surface area contributed by atoms with Crippen molar-refractivity contribution in [2.45, 2.75) is 13.2 Å². The summed E-state index contributed by atoms with van der Waals surface area (Å²) < 4.78 is 12.6. The van der Waals surface area contributed by atoms with E-state index in [-0.39, 0.29) is 13.2 Å². The van der Waals surface area contributed by atoms with E-state index in [0.717, 1.165) is 0 Å². The van der Waals surface area contributed by atoms with Crippen molar-refractivity contribution in [3.63, 3.8) is 0 Å². The van der Waals surface area contributed by atoms with Gasteiger partial charge in [0.2, 0.25) is 0 Å². The van der Waals surface area contributed by atoms with Gasteiger partial charge in [-0.25, -0.2) is 4.98 Å². The number of aliphatic hydroxyl groups excluding tert-OH is 1. The Hall–Kier alpha value is -1.43. The fourth-order valence-electron chi connectivity index (χ4n) is 1.75. The van der Waals surface area contributed by atoms with Crippen LogP contribution in [0.5, 0.6) is 11.5 Å². The number of rotatable bonds is 5. The van der Waals surface area contributed by atoms with Crippen molar-refractivity contribution in [1.82, 2.24) is 9.55 Å². The molecular formula is C13H14Cl2N2O3. The van der Waals surface area contributed by atoms with Gasteiger partial charge in [0.15, 0.2) is 11.5 Å². The van der Waals surface area contributed by atoms with Gasteiger partial charge in [-0.05, 0) is 6.07 Å². The number of aliphatic hydroxyl groups is 1. The largest absolute Gasteiger partial charge is 0.493 e. The molecule has 2 rings (SSSR count). The summed E-state index contributed by atoms with van der Waals surface area (Å²) in [7, 11) is 3.30. The average Bonchev–Trinajstić information content (AvgIpc) is 2.76. The predicted molar refractivity (Wildman–Crippen MR) is 76.5 cm³/mol. The maximum absolute atomic E-state index is 9.38. The quantitative estimate of drug-likeness (QED) is 0.921. The molecule has 1 heterocycles. The minimum atomic E-state index is -0.201. The zero-order valence-electron chi connectivity index (χ0n) is 11.1. The van der Waals surface area contributed by atoms with Crippen LogP contribution >= 0.6 is 23.2 Å². The smallest absolute Gasteiger partial charge is 0.167 e. The Labute approximate surface area is 126 Å². The fourth-order valence-corrected chi connectivity index (χ4v) is 2.13. The lowest BCUT2D eigenvalue weighted by atomic mass is 10.2. The highest BCUT2D eigenvalue weighted by molar-refractivity contribution is 6.30. The van der Waals surface area contributed by atoms with Crippen LogP contribution in [0.25, 0.3) is 0 Å². The maximum Gasteiger partial charge on any atom is 0.167 e. The van der Waals surface area contributed by atoms with E-state index >= 15 is 0 Å². The number of halogens is 2. The van der Waals surface area contributed by atoms with Crippen molar-refractivity contribution < 1.29 is 14.6 Å². The van der Waals surface area contributed by atoms with Crippen LogP contribution in [0.1, 0.15) is 11.4 Å². The molecular weight excluding hydrogens is 303 g/mol. The molecule has 0 bridgehead atoms. The number of ether oxygens (including phenoxy) is 2. The number of benzene rings is 1. The second-order valence-corrected chi connectivity index (χ2v) is 4.92. The molecule has 20 heavy (non-hydrogen) atoms. The van der Waals surface area contributed by atoms with E-state index in [1.54, 1.807) is 29.9 Å². The van der Waals surface area contributed by atoms with Gasteiger partial charge in [0.25, 0.3) is 0 Å². The summed E-state index contributed by atoms with van der Waals surface area (Å²) >= 11 is 11.9. The highest BCUT2D eigenvalue weighted by Gasteiger charge is 2.14. The third-order valence-corrected chi connectivity index (χ3v) is 3.43. The molecule has 0 radical (unpaired) electrons. The first kappa shape index (κ1) is 15.0. The Kier molecular flexibility index (Phi) is 4.75. The first-order valence-corrected chi connectivity index (χ1v) is 6.58. The molecule has 5 nitrogen and oxygen atoms in total. The van der Waals surface area contributed by atoms with Crippen molar-refractivity contribution in [3.05, 3.63) is 39.9 Å². The van der Waals surface area contributed by atoms with Crippen molar-refractivity contribution in [1.29, 1.82) is 0 Å².